The topological polar surface area (TPSA) is 32.3 Å². The lowest BCUT2D eigenvalue weighted by atomic mass is 9.77. The van der Waals surface area contributed by atoms with Crippen LogP contribution in [-0.4, -0.2) is 23.3 Å². The van der Waals surface area contributed by atoms with Gasteiger partial charge < -0.3 is 10.4 Å². The van der Waals surface area contributed by atoms with Gasteiger partial charge in [0.25, 0.3) is 0 Å². The third-order valence-electron chi connectivity index (χ3n) is 4.37. The minimum Gasteiger partial charge on any atom is -0.389 e. The Morgan fingerprint density at radius 1 is 1.25 bits per heavy atom. The lowest BCUT2D eigenvalue weighted by molar-refractivity contribution is -0.0112. The first kappa shape index (κ1) is 14.0. The molecule has 0 radical (unpaired) electrons. The van der Waals surface area contributed by atoms with Gasteiger partial charge in [-0.3, -0.25) is 0 Å². The van der Waals surface area contributed by atoms with E-state index in [-0.39, 0.29) is 0 Å². The van der Waals surface area contributed by atoms with Gasteiger partial charge in [0.15, 0.2) is 0 Å². The van der Waals surface area contributed by atoms with Gasteiger partial charge in [0.05, 0.1) is 5.60 Å². The molecule has 1 saturated carbocycles. The Morgan fingerprint density at radius 2 is 1.81 bits per heavy atom. The van der Waals surface area contributed by atoms with Crippen molar-refractivity contribution in [2.45, 2.75) is 71.4 Å². The van der Waals surface area contributed by atoms with Crippen molar-refractivity contribution in [1.29, 1.82) is 0 Å². The Hall–Kier alpha value is -0.0800. The predicted octanol–water partition coefficient (Wildman–Crippen LogP) is 2.95. The van der Waals surface area contributed by atoms with Crippen LogP contribution in [0.2, 0.25) is 0 Å². The lowest BCUT2D eigenvalue weighted by Crippen LogP contribution is -2.47. The molecule has 16 heavy (non-hydrogen) atoms. The molecule has 0 spiro atoms. The van der Waals surface area contributed by atoms with Crippen LogP contribution in [0.25, 0.3) is 0 Å². The molecule has 2 heteroatoms. The van der Waals surface area contributed by atoms with Crippen molar-refractivity contribution in [2.24, 2.45) is 11.8 Å². The fourth-order valence-corrected chi connectivity index (χ4v) is 2.39. The van der Waals surface area contributed by atoms with Gasteiger partial charge >= 0.3 is 0 Å². The van der Waals surface area contributed by atoms with Gasteiger partial charge in [-0.1, -0.05) is 27.2 Å². The highest BCUT2D eigenvalue weighted by atomic mass is 16.3. The van der Waals surface area contributed by atoms with Crippen LogP contribution in [0.1, 0.15) is 59.8 Å². The fraction of sp³-hybridized carbons (Fsp3) is 1.00. The lowest BCUT2D eigenvalue weighted by Gasteiger charge is -2.37. The molecule has 0 amide bonds. The summed E-state index contributed by atoms with van der Waals surface area (Å²) in [6.45, 7) is 9.66. The first-order valence-electron chi connectivity index (χ1n) is 6.92. The Balaban J connectivity index is 2.31. The molecule has 1 rings (SSSR count). The van der Waals surface area contributed by atoms with Crippen molar-refractivity contribution in [2.75, 3.05) is 6.54 Å². The van der Waals surface area contributed by atoms with Crippen molar-refractivity contribution in [3.05, 3.63) is 0 Å². The van der Waals surface area contributed by atoms with Crippen molar-refractivity contribution < 1.29 is 5.11 Å². The number of aliphatic hydroxyl groups is 1. The van der Waals surface area contributed by atoms with E-state index < -0.39 is 5.60 Å². The maximum Gasteiger partial charge on any atom is 0.0771 e. The summed E-state index contributed by atoms with van der Waals surface area (Å²) in [5.41, 5.74) is -0.436. The molecule has 96 valence electrons. The molecule has 0 saturated heterocycles. The number of hydrogen-bond acceptors (Lipinski definition) is 2. The molecule has 2 nitrogen and oxygen atoms in total. The van der Waals surface area contributed by atoms with Crippen molar-refractivity contribution >= 4 is 0 Å². The van der Waals surface area contributed by atoms with Crippen LogP contribution < -0.4 is 5.32 Å². The molecule has 0 aromatic carbocycles. The summed E-state index contributed by atoms with van der Waals surface area (Å²) in [5.74, 6) is 1.48. The molecule has 0 aromatic heterocycles. The first-order valence-corrected chi connectivity index (χ1v) is 6.92. The molecule has 0 aromatic rings. The molecule has 1 aliphatic carbocycles. The van der Waals surface area contributed by atoms with Gasteiger partial charge in [-0.15, -0.1) is 0 Å². The van der Waals surface area contributed by atoms with Gasteiger partial charge in [0.2, 0.25) is 0 Å². The van der Waals surface area contributed by atoms with Crippen LogP contribution in [0.4, 0.5) is 0 Å². The summed E-state index contributed by atoms with van der Waals surface area (Å²) in [5, 5.41) is 13.9. The Morgan fingerprint density at radius 3 is 2.25 bits per heavy atom. The molecule has 2 N–H and O–H groups in total. The van der Waals surface area contributed by atoms with E-state index in [0.29, 0.717) is 12.0 Å². The third kappa shape index (κ3) is 4.06. The van der Waals surface area contributed by atoms with E-state index in [4.69, 9.17) is 0 Å². The monoisotopic (exact) mass is 227 g/mol. The van der Waals surface area contributed by atoms with Crippen LogP contribution in [0, 0.1) is 11.8 Å². The molecule has 0 heterocycles. The molecule has 0 bridgehead atoms. The molecular formula is C14H29NO. The predicted molar refractivity (Wildman–Crippen MR) is 69.5 cm³/mol. The van der Waals surface area contributed by atoms with E-state index in [9.17, 15) is 5.11 Å². The van der Waals surface area contributed by atoms with Gasteiger partial charge in [-0.2, -0.15) is 0 Å². The fourth-order valence-electron chi connectivity index (χ4n) is 2.39. The van der Waals surface area contributed by atoms with Gasteiger partial charge in [0, 0.05) is 12.6 Å². The second-order valence-corrected chi connectivity index (χ2v) is 5.99. The smallest absolute Gasteiger partial charge is 0.0771 e. The maximum absolute atomic E-state index is 10.5. The summed E-state index contributed by atoms with van der Waals surface area (Å²) in [7, 11) is 0. The minimum atomic E-state index is -0.436. The van der Waals surface area contributed by atoms with Crippen LogP contribution in [0.3, 0.4) is 0 Å². The summed E-state index contributed by atoms with van der Waals surface area (Å²) in [6.07, 6.45) is 5.62. The Bertz CT molecular complexity index is 195. The minimum absolute atomic E-state index is 0.436. The van der Waals surface area contributed by atoms with Crippen LogP contribution in [-0.2, 0) is 0 Å². The van der Waals surface area contributed by atoms with Gasteiger partial charge in [-0.25, -0.2) is 0 Å². The summed E-state index contributed by atoms with van der Waals surface area (Å²) in [6, 6.07) is 0.493. The normalized spacial score (nSPS) is 33.0. The van der Waals surface area contributed by atoms with Crippen LogP contribution >= 0.6 is 0 Å². The first-order chi connectivity index (χ1) is 7.47. The van der Waals surface area contributed by atoms with E-state index in [1.807, 2.05) is 0 Å². The zero-order valence-electron chi connectivity index (χ0n) is 11.4. The van der Waals surface area contributed by atoms with E-state index in [1.165, 1.54) is 19.3 Å². The van der Waals surface area contributed by atoms with Crippen LogP contribution in [0.5, 0.6) is 0 Å². The molecule has 1 atom stereocenters. The second-order valence-electron chi connectivity index (χ2n) is 5.99. The Kier molecular flexibility index (Phi) is 5.26. The number of nitrogens with one attached hydrogen (secondary N) is 1. The zero-order chi connectivity index (χ0) is 12.2. The molecule has 0 aliphatic heterocycles. The van der Waals surface area contributed by atoms with E-state index in [0.717, 1.165) is 25.3 Å². The summed E-state index contributed by atoms with van der Waals surface area (Å²) in [4.78, 5) is 0. The van der Waals surface area contributed by atoms with E-state index in [1.54, 1.807) is 0 Å². The molecule has 1 aliphatic rings. The second kappa shape index (κ2) is 6.02. The van der Waals surface area contributed by atoms with Gasteiger partial charge in [-0.05, 0) is 44.4 Å². The zero-order valence-corrected chi connectivity index (χ0v) is 11.4. The number of rotatable bonds is 5. The largest absolute Gasteiger partial charge is 0.389 e. The maximum atomic E-state index is 10.5. The highest BCUT2D eigenvalue weighted by Gasteiger charge is 2.32. The van der Waals surface area contributed by atoms with Gasteiger partial charge in [0.1, 0.15) is 0 Å². The van der Waals surface area contributed by atoms with Crippen molar-refractivity contribution in [3.8, 4) is 0 Å². The molecular weight excluding hydrogens is 198 g/mol. The third-order valence-corrected chi connectivity index (χ3v) is 4.37. The standard InChI is InChI=1S/C14H29NO/c1-5-13-6-8-14(16,9-7-13)10-15-12(4)11(2)3/h11-13,15-16H,5-10H2,1-4H3. The van der Waals surface area contributed by atoms with Crippen LogP contribution in [0.15, 0.2) is 0 Å². The van der Waals surface area contributed by atoms with E-state index >= 15 is 0 Å². The number of hydrogen-bond donors (Lipinski definition) is 2. The average molecular weight is 227 g/mol. The summed E-state index contributed by atoms with van der Waals surface area (Å²) >= 11 is 0. The average Bonchev–Trinajstić information content (AvgIpc) is 2.27. The highest BCUT2D eigenvalue weighted by molar-refractivity contribution is 4.88. The Labute approximate surface area is 101 Å². The SMILES string of the molecule is CCC1CCC(O)(CNC(C)C(C)C)CC1. The highest BCUT2D eigenvalue weighted by Crippen LogP contribution is 2.33. The van der Waals surface area contributed by atoms with Crippen molar-refractivity contribution in [3.63, 3.8) is 0 Å². The van der Waals surface area contributed by atoms with Crippen molar-refractivity contribution in [1.82, 2.24) is 5.32 Å². The molecule has 1 unspecified atom stereocenters. The summed E-state index contributed by atoms with van der Waals surface area (Å²) < 4.78 is 0. The molecule has 1 fully saturated rings. The quantitative estimate of drug-likeness (QED) is 0.757. The van der Waals surface area contributed by atoms with E-state index in [2.05, 4.69) is 33.0 Å².